The first kappa shape index (κ1) is 17.0. The number of rotatable bonds is 7. The average Bonchev–Trinajstić information content (AvgIpc) is 2.52. The van der Waals surface area contributed by atoms with Crippen molar-refractivity contribution in [3.05, 3.63) is 51.2 Å². The van der Waals surface area contributed by atoms with Crippen molar-refractivity contribution in [1.82, 2.24) is 14.8 Å². The van der Waals surface area contributed by atoms with Crippen molar-refractivity contribution in [1.29, 1.82) is 0 Å². The fourth-order valence-electron chi connectivity index (χ4n) is 1.57. The van der Waals surface area contributed by atoms with Crippen LogP contribution in [0.5, 0.6) is 0 Å². The van der Waals surface area contributed by atoms with Crippen LogP contribution in [-0.4, -0.2) is 33.9 Å². The van der Waals surface area contributed by atoms with Crippen LogP contribution < -0.4 is 11.2 Å². The highest BCUT2D eigenvalue weighted by Crippen LogP contribution is 2.21. The zero-order chi connectivity index (χ0) is 16.7. The van der Waals surface area contributed by atoms with Gasteiger partial charge in [0.05, 0.1) is 6.61 Å². The Morgan fingerprint density at radius 2 is 2.00 bits per heavy atom. The van der Waals surface area contributed by atoms with Gasteiger partial charge in [0.25, 0.3) is 5.56 Å². The molecule has 122 valence electrons. The van der Waals surface area contributed by atoms with E-state index in [4.69, 9.17) is 9.47 Å². The molecule has 2 aromatic rings. The lowest BCUT2D eigenvalue weighted by Gasteiger charge is -2.07. The molecule has 2 rings (SSSR count). The minimum Gasteiger partial charge on any atom is -0.463 e. The van der Waals surface area contributed by atoms with Gasteiger partial charge >= 0.3 is 11.7 Å². The van der Waals surface area contributed by atoms with E-state index in [1.165, 1.54) is 6.92 Å². The number of aromatic amines is 1. The molecule has 1 aromatic carbocycles. The Hall–Kier alpha value is -2.39. The van der Waals surface area contributed by atoms with Crippen molar-refractivity contribution in [2.45, 2.75) is 23.6 Å². The van der Waals surface area contributed by atoms with Gasteiger partial charge in [0, 0.05) is 11.8 Å². The van der Waals surface area contributed by atoms with Crippen LogP contribution in [0.3, 0.4) is 0 Å². The highest BCUT2D eigenvalue weighted by atomic mass is 32.2. The Labute approximate surface area is 135 Å². The van der Waals surface area contributed by atoms with E-state index in [0.717, 1.165) is 21.3 Å². The van der Waals surface area contributed by atoms with E-state index in [9.17, 15) is 14.4 Å². The van der Waals surface area contributed by atoms with Gasteiger partial charge in [-0.3, -0.25) is 14.6 Å². The monoisotopic (exact) mass is 337 g/mol. The molecule has 0 bridgehead atoms. The van der Waals surface area contributed by atoms with Crippen LogP contribution in [-0.2, 0) is 21.0 Å². The standard InChI is InChI=1S/C14H15N3O5S/c1-10(18)22-8-7-21-9-17-14(20)15-12(19)13(16-17)23-11-5-3-2-4-6-11/h2-6H,7-9H2,1H3,(H,15,19,20). The molecule has 0 aliphatic rings. The third-order valence-corrected chi connectivity index (χ3v) is 3.53. The van der Waals surface area contributed by atoms with E-state index in [1.807, 2.05) is 30.3 Å². The Kier molecular flexibility index (Phi) is 6.12. The van der Waals surface area contributed by atoms with Crippen molar-refractivity contribution in [3.63, 3.8) is 0 Å². The number of ether oxygens (including phenoxy) is 2. The van der Waals surface area contributed by atoms with E-state index in [1.54, 1.807) is 0 Å². The number of hydrogen-bond donors (Lipinski definition) is 1. The summed E-state index contributed by atoms with van der Waals surface area (Å²) in [5.74, 6) is -0.408. The number of carbonyl (C=O) groups excluding carboxylic acids is 1. The van der Waals surface area contributed by atoms with Gasteiger partial charge in [0.2, 0.25) is 0 Å². The molecule has 0 amide bonds. The molecule has 8 nitrogen and oxygen atoms in total. The van der Waals surface area contributed by atoms with Crippen LogP contribution in [0.1, 0.15) is 6.92 Å². The second kappa shape index (κ2) is 8.30. The molecule has 0 unspecified atom stereocenters. The Balaban J connectivity index is 2.03. The summed E-state index contributed by atoms with van der Waals surface area (Å²) in [7, 11) is 0. The Morgan fingerprint density at radius 3 is 2.70 bits per heavy atom. The predicted molar refractivity (Wildman–Crippen MR) is 82.3 cm³/mol. The SMILES string of the molecule is CC(=O)OCCOCn1nc(Sc2ccccc2)c(=O)[nH]c1=O. The van der Waals surface area contributed by atoms with Crippen molar-refractivity contribution >= 4 is 17.7 Å². The molecule has 0 saturated carbocycles. The molecule has 0 fully saturated rings. The fourth-order valence-corrected chi connectivity index (χ4v) is 2.36. The Morgan fingerprint density at radius 1 is 1.26 bits per heavy atom. The molecular weight excluding hydrogens is 322 g/mol. The molecule has 0 aliphatic carbocycles. The molecule has 0 spiro atoms. The van der Waals surface area contributed by atoms with Crippen molar-refractivity contribution in [2.75, 3.05) is 13.2 Å². The summed E-state index contributed by atoms with van der Waals surface area (Å²) in [6, 6.07) is 9.20. The highest BCUT2D eigenvalue weighted by molar-refractivity contribution is 7.99. The second-order valence-corrected chi connectivity index (χ2v) is 5.42. The number of esters is 1. The van der Waals surface area contributed by atoms with Gasteiger partial charge in [0.1, 0.15) is 13.3 Å². The van der Waals surface area contributed by atoms with Gasteiger partial charge in [-0.1, -0.05) is 30.0 Å². The zero-order valence-electron chi connectivity index (χ0n) is 12.4. The molecule has 1 aromatic heterocycles. The van der Waals surface area contributed by atoms with E-state index >= 15 is 0 Å². The van der Waals surface area contributed by atoms with Gasteiger partial charge in [-0.05, 0) is 12.1 Å². The summed E-state index contributed by atoms with van der Waals surface area (Å²) in [6.45, 7) is 1.34. The maximum absolute atomic E-state index is 11.8. The lowest BCUT2D eigenvalue weighted by Crippen LogP contribution is -2.34. The van der Waals surface area contributed by atoms with Gasteiger partial charge in [-0.2, -0.15) is 9.78 Å². The first-order valence-electron chi connectivity index (χ1n) is 6.71. The molecule has 1 heterocycles. The number of benzene rings is 1. The number of nitrogens with zero attached hydrogens (tertiary/aromatic N) is 2. The molecule has 0 radical (unpaired) electrons. The molecular formula is C14H15N3O5S. The number of nitrogens with one attached hydrogen (secondary N) is 1. The van der Waals surface area contributed by atoms with Crippen molar-refractivity contribution < 1.29 is 14.3 Å². The molecule has 0 saturated heterocycles. The fraction of sp³-hybridized carbons (Fsp3) is 0.286. The number of hydrogen-bond acceptors (Lipinski definition) is 7. The van der Waals surface area contributed by atoms with Crippen LogP contribution in [0.25, 0.3) is 0 Å². The van der Waals surface area contributed by atoms with Crippen LogP contribution in [0.15, 0.2) is 49.8 Å². The van der Waals surface area contributed by atoms with Gasteiger partial charge in [0.15, 0.2) is 5.03 Å². The average molecular weight is 337 g/mol. The summed E-state index contributed by atoms with van der Waals surface area (Å²) >= 11 is 1.15. The lowest BCUT2D eigenvalue weighted by atomic mass is 10.4. The largest absolute Gasteiger partial charge is 0.463 e. The molecule has 0 aliphatic heterocycles. The van der Waals surface area contributed by atoms with Crippen LogP contribution >= 0.6 is 11.8 Å². The summed E-state index contributed by atoms with van der Waals surface area (Å²) in [4.78, 5) is 37.1. The van der Waals surface area contributed by atoms with Crippen LogP contribution in [0.2, 0.25) is 0 Å². The molecule has 0 atom stereocenters. The van der Waals surface area contributed by atoms with Crippen molar-refractivity contribution in [3.8, 4) is 0 Å². The van der Waals surface area contributed by atoms with E-state index in [0.29, 0.717) is 0 Å². The predicted octanol–water partition coefficient (Wildman–Crippen LogP) is 0.620. The zero-order valence-corrected chi connectivity index (χ0v) is 13.2. The lowest BCUT2D eigenvalue weighted by molar-refractivity contribution is -0.143. The number of aromatic nitrogens is 3. The first-order valence-corrected chi connectivity index (χ1v) is 7.53. The second-order valence-electron chi connectivity index (χ2n) is 4.36. The van der Waals surface area contributed by atoms with Crippen molar-refractivity contribution in [2.24, 2.45) is 0 Å². The minimum absolute atomic E-state index is 0.0824. The van der Waals surface area contributed by atoms with Gasteiger partial charge in [-0.15, -0.1) is 0 Å². The number of H-pyrrole nitrogens is 1. The molecule has 23 heavy (non-hydrogen) atoms. The summed E-state index contributed by atoms with van der Waals surface area (Å²) in [6.07, 6.45) is 0. The topological polar surface area (TPSA) is 103 Å². The summed E-state index contributed by atoms with van der Waals surface area (Å²) in [5, 5.41) is 4.13. The first-order chi connectivity index (χ1) is 11.1. The maximum Gasteiger partial charge on any atom is 0.347 e. The quantitative estimate of drug-likeness (QED) is 0.583. The Bertz CT molecular complexity index is 772. The maximum atomic E-state index is 11.8. The molecule has 1 N–H and O–H groups in total. The van der Waals surface area contributed by atoms with E-state index in [2.05, 4.69) is 10.1 Å². The van der Waals surface area contributed by atoms with E-state index in [-0.39, 0.29) is 25.0 Å². The van der Waals surface area contributed by atoms with E-state index < -0.39 is 17.2 Å². The van der Waals surface area contributed by atoms with Gasteiger partial charge in [-0.25, -0.2) is 4.79 Å². The highest BCUT2D eigenvalue weighted by Gasteiger charge is 2.08. The third-order valence-electron chi connectivity index (χ3n) is 2.56. The summed E-state index contributed by atoms with van der Waals surface area (Å²) < 4.78 is 10.9. The minimum atomic E-state index is -0.667. The third kappa shape index (κ3) is 5.38. The van der Waals surface area contributed by atoms with Crippen LogP contribution in [0, 0.1) is 0 Å². The number of carbonyl (C=O) groups is 1. The summed E-state index contributed by atoms with van der Waals surface area (Å²) in [5.41, 5.74) is -1.22. The van der Waals surface area contributed by atoms with Gasteiger partial charge < -0.3 is 9.47 Å². The smallest absolute Gasteiger partial charge is 0.347 e. The van der Waals surface area contributed by atoms with Crippen LogP contribution in [0.4, 0.5) is 0 Å². The molecule has 9 heteroatoms. The normalized spacial score (nSPS) is 10.5.